The summed E-state index contributed by atoms with van der Waals surface area (Å²) in [6.07, 6.45) is 2.16. The van der Waals surface area contributed by atoms with Crippen LogP contribution in [0.4, 0.5) is 0 Å². The SMILES string of the molecule is CN(CC(=O)NCCSCc1ccccc1)CC(=O)NC1CC1. The molecule has 1 aromatic rings. The molecule has 0 unspecified atom stereocenters. The van der Waals surface area contributed by atoms with Crippen molar-refractivity contribution in [3.8, 4) is 0 Å². The molecule has 0 heterocycles. The number of carbonyl (C=O) groups excluding carboxylic acids is 2. The molecule has 0 spiro atoms. The van der Waals surface area contributed by atoms with Crippen LogP contribution < -0.4 is 10.6 Å². The Morgan fingerprint density at radius 1 is 1.17 bits per heavy atom. The average molecular weight is 335 g/mol. The first kappa shape index (κ1) is 17.8. The lowest BCUT2D eigenvalue weighted by Crippen LogP contribution is -2.41. The minimum absolute atomic E-state index is 0.00113. The molecule has 0 atom stereocenters. The predicted octanol–water partition coefficient (Wildman–Crippen LogP) is 1.25. The molecule has 1 aromatic carbocycles. The normalized spacial score (nSPS) is 13.8. The maximum Gasteiger partial charge on any atom is 0.234 e. The second-order valence-electron chi connectivity index (χ2n) is 5.90. The molecule has 0 saturated heterocycles. The van der Waals surface area contributed by atoms with Gasteiger partial charge in [0.15, 0.2) is 0 Å². The molecule has 0 aromatic heterocycles. The van der Waals surface area contributed by atoms with Gasteiger partial charge in [-0.25, -0.2) is 0 Å². The van der Waals surface area contributed by atoms with E-state index in [0.29, 0.717) is 12.6 Å². The molecule has 6 heteroatoms. The van der Waals surface area contributed by atoms with Gasteiger partial charge in [-0.2, -0.15) is 11.8 Å². The van der Waals surface area contributed by atoms with Crippen molar-refractivity contribution in [1.29, 1.82) is 0 Å². The lowest BCUT2D eigenvalue weighted by molar-refractivity contribution is -0.124. The minimum atomic E-state index is -0.0352. The van der Waals surface area contributed by atoms with E-state index in [1.54, 1.807) is 23.7 Å². The van der Waals surface area contributed by atoms with E-state index in [4.69, 9.17) is 0 Å². The smallest absolute Gasteiger partial charge is 0.234 e. The highest BCUT2D eigenvalue weighted by Gasteiger charge is 2.23. The summed E-state index contributed by atoms with van der Waals surface area (Å²) in [5, 5.41) is 5.81. The van der Waals surface area contributed by atoms with Crippen LogP contribution in [-0.4, -0.2) is 55.2 Å². The summed E-state index contributed by atoms with van der Waals surface area (Å²) in [5.74, 6) is 1.80. The number of nitrogens with one attached hydrogen (secondary N) is 2. The van der Waals surface area contributed by atoms with Crippen LogP contribution in [0.1, 0.15) is 18.4 Å². The van der Waals surface area contributed by atoms with Crippen LogP contribution >= 0.6 is 11.8 Å². The molecular weight excluding hydrogens is 310 g/mol. The molecule has 0 bridgehead atoms. The minimum Gasteiger partial charge on any atom is -0.354 e. The second-order valence-corrected chi connectivity index (χ2v) is 7.01. The fourth-order valence-electron chi connectivity index (χ4n) is 2.13. The zero-order valence-electron chi connectivity index (χ0n) is 13.6. The van der Waals surface area contributed by atoms with Crippen LogP contribution in [0, 0.1) is 0 Å². The molecule has 23 heavy (non-hydrogen) atoms. The van der Waals surface area contributed by atoms with E-state index < -0.39 is 0 Å². The monoisotopic (exact) mass is 335 g/mol. The highest BCUT2D eigenvalue weighted by atomic mass is 32.2. The Bertz CT molecular complexity index is 506. The Morgan fingerprint density at radius 2 is 1.87 bits per heavy atom. The molecule has 2 rings (SSSR count). The Balaban J connectivity index is 1.49. The number of amides is 2. The quantitative estimate of drug-likeness (QED) is 0.632. The van der Waals surface area contributed by atoms with Crippen molar-refractivity contribution in [2.45, 2.75) is 24.6 Å². The van der Waals surface area contributed by atoms with E-state index in [1.165, 1.54) is 5.56 Å². The molecule has 0 radical (unpaired) electrons. The summed E-state index contributed by atoms with van der Waals surface area (Å²) in [5.41, 5.74) is 1.30. The van der Waals surface area contributed by atoms with Crippen LogP contribution in [0.2, 0.25) is 0 Å². The summed E-state index contributed by atoms with van der Waals surface area (Å²) in [6.45, 7) is 1.17. The number of hydrogen-bond donors (Lipinski definition) is 2. The molecular formula is C17H25N3O2S. The van der Waals surface area contributed by atoms with E-state index in [-0.39, 0.29) is 24.9 Å². The van der Waals surface area contributed by atoms with Gasteiger partial charge in [-0.15, -0.1) is 0 Å². The summed E-state index contributed by atoms with van der Waals surface area (Å²) >= 11 is 1.80. The van der Waals surface area contributed by atoms with Crippen LogP contribution in [0.5, 0.6) is 0 Å². The summed E-state index contributed by atoms with van der Waals surface area (Å²) in [4.78, 5) is 25.2. The third kappa shape index (κ3) is 8.04. The van der Waals surface area contributed by atoms with Gasteiger partial charge in [0.05, 0.1) is 13.1 Å². The highest BCUT2D eigenvalue weighted by Crippen LogP contribution is 2.18. The van der Waals surface area contributed by atoms with E-state index in [0.717, 1.165) is 24.3 Å². The third-order valence-electron chi connectivity index (χ3n) is 3.45. The van der Waals surface area contributed by atoms with Crippen LogP contribution in [-0.2, 0) is 15.3 Å². The predicted molar refractivity (Wildman–Crippen MR) is 94.3 cm³/mol. The Morgan fingerprint density at radius 3 is 2.57 bits per heavy atom. The molecule has 1 fully saturated rings. The molecule has 1 saturated carbocycles. The Hall–Kier alpha value is -1.53. The van der Waals surface area contributed by atoms with Crippen molar-refractivity contribution >= 4 is 23.6 Å². The van der Waals surface area contributed by atoms with Gasteiger partial charge in [-0.05, 0) is 25.5 Å². The molecule has 1 aliphatic carbocycles. The highest BCUT2D eigenvalue weighted by molar-refractivity contribution is 7.98. The molecule has 5 nitrogen and oxygen atoms in total. The van der Waals surface area contributed by atoms with Crippen molar-refractivity contribution in [1.82, 2.24) is 15.5 Å². The van der Waals surface area contributed by atoms with Crippen LogP contribution in [0.3, 0.4) is 0 Å². The number of nitrogens with zero attached hydrogens (tertiary/aromatic N) is 1. The third-order valence-corrected chi connectivity index (χ3v) is 4.48. The van der Waals surface area contributed by atoms with Gasteiger partial charge in [-0.3, -0.25) is 14.5 Å². The lowest BCUT2D eigenvalue weighted by Gasteiger charge is -2.15. The van der Waals surface area contributed by atoms with Crippen molar-refractivity contribution in [3.63, 3.8) is 0 Å². The molecule has 1 aliphatic rings. The van der Waals surface area contributed by atoms with E-state index >= 15 is 0 Å². The first-order chi connectivity index (χ1) is 11.1. The summed E-state index contributed by atoms with van der Waals surface area (Å²) < 4.78 is 0. The van der Waals surface area contributed by atoms with Crippen LogP contribution in [0.25, 0.3) is 0 Å². The number of carbonyl (C=O) groups is 2. The molecule has 126 valence electrons. The number of rotatable bonds is 10. The maximum atomic E-state index is 11.8. The van der Waals surface area contributed by atoms with Crippen molar-refractivity contribution < 1.29 is 9.59 Å². The van der Waals surface area contributed by atoms with Gasteiger partial charge in [0.1, 0.15) is 0 Å². The lowest BCUT2D eigenvalue weighted by atomic mass is 10.2. The number of benzene rings is 1. The number of thioether (sulfide) groups is 1. The molecule has 0 aliphatic heterocycles. The summed E-state index contributed by atoms with van der Waals surface area (Å²) in [6, 6.07) is 10.7. The maximum absolute atomic E-state index is 11.8. The zero-order valence-corrected chi connectivity index (χ0v) is 14.4. The van der Waals surface area contributed by atoms with Gasteiger partial charge in [-0.1, -0.05) is 30.3 Å². The van der Waals surface area contributed by atoms with Gasteiger partial charge < -0.3 is 10.6 Å². The molecule has 2 amide bonds. The van der Waals surface area contributed by atoms with Gasteiger partial charge >= 0.3 is 0 Å². The standard InChI is InChI=1S/C17H25N3O2S/c1-20(12-17(22)19-15-7-8-15)11-16(21)18-9-10-23-13-14-5-3-2-4-6-14/h2-6,15H,7-13H2,1H3,(H,18,21)(H,19,22). The van der Waals surface area contributed by atoms with E-state index in [1.807, 2.05) is 18.2 Å². The van der Waals surface area contributed by atoms with Crippen molar-refractivity contribution in [2.75, 3.05) is 32.4 Å². The second kappa shape index (κ2) is 9.57. The number of likely N-dealkylation sites (N-methyl/N-ethyl adjacent to an activating group) is 1. The topological polar surface area (TPSA) is 61.4 Å². The van der Waals surface area contributed by atoms with Crippen molar-refractivity contribution in [2.24, 2.45) is 0 Å². The Labute approximate surface area is 142 Å². The first-order valence-corrected chi connectivity index (χ1v) is 9.15. The first-order valence-electron chi connectivity index (χ1n) is 8.00. The fraction of sp³-hybridized carbons (Fsp3) is 0.529. The number of hydrogen-bond acceptors (Lipinski definition) is 4. The van der Waals surface area contributed by atoms with Gasteiger partial charge in [0, 0.05) is 24.1 Å². The van der Waals surface area contributed by atoms with E-state index in [2.05, 4.69) is 22.8 Å². The summed E-state index contributed by atoms with van der Waals surface area (Å²) in [7, 11) is 1.79. The zero-order chi connectivity index (χ0) is 16.5. The van der Waals surface area contributed by atoms with Gasteiger partial charge in [0.2, 0.25) is 11.8 Å². The molecule has 2 N–H and O–H groups in total. The van der Waals surface area contributed by atoms with Crippen molar-refractivity contribution in [3.05, 3.63) is 35.9 Å². The largest absolute Gasteiger partial charge is 0.354 e. The average Bonchev–Trinajstić information content (AvgIpc) is 3.31. The van der Waals surface area contributed by atoms with E-state index in [9.17, 15) is 9.59 Å². The fourth-order valence-corrected chi connectivity index (χ4v) is 2.95. The Kier molecular flexibility index (Phi) is 7.42. The van der Waals surface area contributed by atoms with Crippen LogP contribution in [0.15, 0.2) is 30.3 Å². The van der Waals surface area contributed by atoms with Gasteiger partial charge in [0.25, 0.3) is 0 Å².